The van der Waals surface area contributed by atoms with Gasteiger partial charge in [0, 0.05) is 23.5 Å². The van der Waals surface area contributed by atoms with Gasteiger partial charge in [-0.15, -0.1) is 0 Å². The fraction of sp³-hybridized carbons (Fsp3) is 0.556. The van der Waals surface area contributed by atoms with Crippen LogP contribution in [0.5, 0.6) is 0 Å². The van der Waals surface area contributed by atoms with E-state index in [1.54, 1.807) is 0 Å². The van der Waals surface area contributed by atoms with Crippen LogP contribution in [0.3, 0.4) is 0 Å². The van der Waals surface area contributed by atoms with Crippen molar-refractivity contribution in [2.75, 3.05) is 7.05 Å². The summed E-state index contributed by atoms with van der Waals surface area (Å²) in [5, 5.41) is 3.16. The molecule has 0 aliphatic rings. The van der Waals surface area contributed by atoms with E-state index in [4.69, 9.17) is 0 Å². The van der Waals surface area contributed by atoms with Gasteiger partial charge in [0.05, 0.1) is 0 Å². The van der Waals surface area contributed by atoms with Crippen molar-refractivity contribution in [1.82, 2.24) is 15.3 Å². The summed E-state index contributed by atoms with van der Waals surface area (Å²) < 4.78 is 0. The van der Waals surface area contributed by atoms with Crippen molar-refractivity contribution in [2.24, 2.45) is 0 Å². The zero-order valence-electron chi connectivity index (χ0n) is 8.05. The van der Waals surface area contributed by atoms with Gasteiger partial charge >= 0.3 is 0 Å². The second-order valence-corrected chi connectivity index (χ2v) is 2.97. The second kappa shape index (κ2) is 3.63. The van der Waals surface area contributed by atoms with E-state index < -0.39 is 0 Å². The average Bonchev–Trinajstić information content (AvgIpc) is 2.03. The van der Waals surface area contributed by atoms with Gasteiger partial charge in [0.2, 0.25) is 0 Å². The molecule has 3 nitrogen and oxygen atoms in total. The van der Waals surface area contributed by atoms with Gasteiger partial charge in [0.25, 0.3) is 0 Å². The Bertz CT molecular complexity index is 270. The van der Waals surface area contributed by atoms with Gasteiger partial charge in [-0.25, -0.2) is 9.97 Å². The van der Waals surface area contributed by atoms with Crippen molar-refractivity contribution in [3.8, 4) is 0 Å². The maximum atomic E-state index is 4.29. The van der Waals surface area contributed by atoms with Gasteiger partial charge in [-0.2, -0.15) is 0 Å². The van der Waals surface area contributed by atoms with Gasteiger partial charge < -0.3 is 5.32 Å². The lowest BCUT2D eigenvalue weighted by Gasteiger charge is -2.12. The Balaban J connectivity index is 3.01. The molecule has 12 heavy (non-hydrogen) atoms. The highest BCUT2D eigenvalue weighted by Gasteiger charge is 2.06. The maximum Gasteiger partial charge on any atom is 0.125 e. The average molecular weight is 165 g/mol. The van der Waals surface area contributed by atoms with Crippen molar-refractivity contribution < 1.29 is 0 Å². The van der Waals surface area contributed by atoms with E-state index in [1.807, 2.05) is 27.1 Å². The predicted molar refractivity (Wildman–Crippen MR) is 49.0 cm³/mol. The van der Waals surface area contributed by atoms with E-state index in [0.717, 1.165) is 11.5 Å². The molecule has 66 valence electrons. The Morgan fingerprint density at radius 1 is 1.42 bits per heavy atom. The first-order chi connectivity index (χ1) is 5.65. The van der Waals surface area contributed by atoms with E-state index in [9.17, 15) is 0 Å². The zero-order valence-corrected chi connectivity index (χ0v) is 8.05. The first-order valence-corrected chi connectivity index (χ1v) is 4.12. The molecule has 1 rings (SSSR count). The molecule has 1 aromatic rings. The van der Waals surface area contributed by atoms with Crippen LogP contribution in [0.15, 0.2) is 6.20 Å². The maximum absolute atomic E-state index is 4.29. The summed E-state index contributed by atoms with van der Waals surface area (Å²) >= 11 is 0. The van der Waals surface area contributed by atoms with E-state index in [0.29, 0.717) is 6.04 Å². The molecule has 1 unspecified atom stereocenters. The monoisotopic (exact) mass is 165 g/mol. The van der Waals surface area contributed by atoms with Crippen LogP contribution >= 0.6 is 0 Å². The van der Waals surface area contributed by atoms with Crippen LogP contribution in [-0.2, 0) is 0 Å². The number of hydrogen-bond acceptors (Lipinski definition) is 3. The fourth-order valence-electron chi connectivity index (χ4n) is 1.17. The smallest absolute Gasteiger partial charge is 0.125 e. The van der Waals surface area contributed by atoms with E-state index >= 15 is 0 Å². The molecule has 0 saturated heterocycles. The zero-order chi connectivity index (χ0) is 9.14. The minimum Gasteiger partial charge on any atom is -0.313 e. The molecule has 0 amide bonds. The molecule has 1 aromatic heterocycles. The summed E-state index contributed by atoms with van der Waals surface area (Å²) in [6, 6.07) is 0.325. The van der Waals surface area contributed by atoms with Gasteiger partial charge in [0.1, 0.15) is 5.82 Å². The standard InChI is InChI=1S/C9H15N3/c1-6(10-4)9-5-11-8(3)12-7(9)2/h5-6,10H,1-4H3. The largest absolute Gasteiger partial charge is 0.313 e. The summed E-state index contributed by atoms with van der Waals surface area (Å²) in [6.07, 6.45) is 1.89. The van der Waals surface area contributed by atoms with Crippen molar-refractivity contribution in [1.29, 1.82) is 0 Å². The fourth-order valence-corrected chi connectivity index (χ4v) is 1.17. The molecule has 1 N–H and O–H groups in total. The van der Waals surface area contributed by atoms with E-state index in [2.05, 4.69) is 22.2 Å². The minimum atomic E-state index is 0.325. The molecule has 0 spiro atoms. The van der Waals surface area contributed by atoms with E-state index in [-0.39, 0.29) is 0 Å². The lowest BCUT2D eigenvalue weighted by molar-refractivity contribution is 0.639. The molecule has 0 aliphatic carbocycles. The summed E-state index contributed by atoms with van der Waals surface area (Å²) in [6.45, 7) is 6.01. The van der Waals surface area contributed by atoms with Crippen LogP contribution in [0.2, 0.25) is 0 Å². The number of nitrogens with one attached hydrogen (secondary N) is 1. The van der Waals surface area contributed by atoms with Gasteiger partial charge in [-0.3, -0.25) is 0 Å². The van der Waals surface area contributed by atoms with Gasteiger partial charge in [-0.05, 0) is 27.8 Å². The lowest BCUT2D eigenvalue weighted by atomic mass is 10.1. The molecule has 0 bridgehead atoms. The predicted octanol–water partition coefficient (Wildman–Crippen LogP) is 1.37. The molecule has 0 radical (unpaired) electrons. The Morgan fingerprint density at radius 2 is 2.08 bits per heavy atom. The Morgan fingerprint density at radius 3 is 2.58 bits per heavy atom. The van der Waals surface area contributed by atoms with Crippen molar-refractivity contribution in [3.05, 3.63) is 23.3 Å². The third-order valence-electron chi connectivity index (χ3n) is 2.04. The number of nitrogens with zero attached hydrogens (tertiary/aromatic N) is 2. The molecular weight excluding hydrogens is 150 g/mol. The van der Waals surface area contributed by atoms with Crippen molar-refractivity contribution >= 4 is 0 Å². The van der Waals surface area contributed by atoms with Gasteiger partial charge in [-0.1, -0.05) is 0 Å². The lowest BCUT2D eigenvalue weighted by Crippen LogP contribution is -2.14. The summed E-state index contributed by atoms with van der Waals surface area (Å²) in [4.78, 5) is 8.45. The molecule has 1 atom stereocenters. The topological polar surface area (TPSA) is 37.8 Å². The van der Waals surface area contributed by atoms with Crippen LogP contribution in [-0.4, -0.2) is 17.0 Å². The quantitative estimate of drug-likeness (QED) is 0.719. The summed E-state index contributed by atoms with van der Waals surface area (Å²) in [7, 11) is 1.93. The highest BCUT2D eigenvalue weighted by Crippen LogP contribution is 2.13. The SMILES string of the molecule is CNC(C)c1cnc(C)nc1C. The third kappa shape index (κ3) is 1.80. The highest BCUT2D eigenvalue weighted by atomic mass is 14.9. The minimum absolute atomic E-state index is 0.325. The number of aromatic nitrogens is 2. The first-order valence-electron chi connectivity index (χ1n) is 4.12. The molecular formula is C9H15N3. The van der Waals surface area contributed by atoms with Crippen LogP contribution in [0, 0.1) is 13.8 Å². The first kappa shape index (κ1) is 9.13. The van der Waals surface area contributed by atoms with E-state index in [1.165, 1.54) is 5.56 Å². The molecule has 0 saturated carbocycles. The second-order valence-electron chi connectivity index (χ2n) is 2.97. The molecule has 1 heterocycles. The third-order valence-corrected chi connectivity index (χ3v) is 2.04. The van der Waals surface area contributed by atoms with Crippen LogP contribution in [0.25, 0.3) is 0 Å². The normalized spacial score (nSPS) is 13.0. The van der Waals surface area contributed by atoms with Crippen LogP contribution in [0.1, 0.15) is 30.0 Å². The van der Waals surface area contributed by atoms with Crippen LogP contribution < -0.4 is 5.32 Å². The molecule has 0 aromatic carbocycles. The highest BCUT2D eigenvalue weighted by molar-refractivity contribution is 5.19. The Kier molecular flexibility index (Phi) is 2.76. The molecule has 0 fully saturated rings. The Hall–Kier alpha value is -0.960. The molecule has 0 aliphatic heterocycles. The summed E-state index contributed by atoms with van der Waals surface area (Å²) in [5.74, 6) is 0.833. The number of hydrogen-bond donors (Lipinski definition) is 1. The Labute approximate surface area is 73.2 Å². The number of aryl methyl sites for hydroxylation is 2. The summed E-state index contributed by atoms with van der Waals surface area (Å²) in [5.41, 5.74) is 2.23. The van der Waals surface area contributed by atoms with Crippen molar-refractivity contribution in [3.63, 3.8) is 0 Å². The number of rotatable bonds is 2. The van der Waals surface area contributed by atoms with Crippen LogP contribution in [0.4, 0.5) is 0 Å². The van der Waals surface area contributed by atoms with Crippen molar-refractivity contribution in [2.45, 2.75) is 26.8 Å². The van der Waals surface area contributed by atoms with Gasteiger partial charge in [0.15, 0.2) is 0 Å². The molecule has 3 heteroatoms.